The van der Waals surface area contributed by atoms with Crippen molar-refractivity contribution >= 4 is 17.5 Å². The molecule has 1 saturated heterocycles. The van der Waals surface area contributed by atoms with Crippen LogP contribution in [-0.2, 0) is 4.79 Å². The maximum absolute atomic E-state index is 12.7. The molecular formula is C21H19N3O4. The monoisotopic (exact) mass is 377 g/mol. The van der Waals surface area contributed by atoms with Gasteiger partial charge >= 0.3 is 0 Å². The van der Waals surface area contributed by atoms with Crippen LogP contribution in [0.25, 0.3) is 0 Å². The predicted octanol–water partition coefficient (Wildman–Crippen LogP) is 2.78. The van der Waals surface area contributed by atoms with Crippen LogP contribution in [-0.4, -0.2) is 36.6 Å². The molecule has 1 fully saturated rings. The average molecular weight is 377 g/mol. The van der Waals surface area contributed by atoms with E-state index in [1.807, 2.05) is 0 Å². The standard InChI is InChI=1S/C21H19N3O4/c22-12-14-2-1-3-17(10-14)23-20(25)15-6-8-24(9-7-15)21(26)16-4-5-18-19(11-16)28-13-27-18/h1-5,10-11,15H,6-9,13H2,(H,23,25). The number of benzene rings is 2. The van der Waals surface area contributed by atoms with Crippen LogP contribution in [0.15, 0.2) is 42.5 Å². The topological polar surface area (TPSA) is 91.7 Å². The van der Waals surface area contributed by atoms with Crippen LogP contribution < -0.4 is 14.8 Å². The van der Waals surface area contributed by atoms with Crippen LogP contribution in [0.4, 0.5) is 5.69 Å². The van der Waals surface area contributed by atoms with Crippen molar-refractivity contribution < 1.29 is 19.1 Å². The summed E-state index contributed by atoms with van der Waals surface area (Å²) < 4.78 is 10.6. The number of fused-ring (bicyclic) bond motifs is 1. The molecule has 0 saturated carbocycles. The van der Waals surface area contributed by atoms with E-state index >= 15 is 0 Å². The van der Waals surface area contributed by atoms with E-state index in [4.69, 9.17) is 14.7 Å². The number of anilines is 1. The average Bonchev–Trinajstić information content (AvgIpc) is 3.21. The summed E-state index contributed by atoms with van der Waals surface area (Å²) >= 11 is 0. The number of carbonyl (C=O) groups excluding carboxylic acids is 2. The second-order valence-corrected chi connectivity index (χ2v) is 6.82. The van der Waals surface area contributed by atoms with E-state index in [1.165, 1.54) is 0 Å². The minimum atomic E-state index is -0.161. The first kappa shape index (κ1) is 17.9. The number of likely N-dealkylation sites (tertiary alicyclic amines) is 1. The number of carbonyl (C=O) groups is 2. The molecular weight excluding hydrogens is 358 g/mol. The summed E-state index contributed by atoms with van der Waals surface area (Å²) in [5.74, 6) is 0.919. The first-order valence-electron chi connectivity index (χ1n) is 9.14. The Morgan fingerprint density at radius 3 is 2.64 bits per heavy atom. The lowest BCUT2D eigenvalue weighted by Gasteiger charge is -2.31. The van der Waals surface area contributed by atoms with E-state index in [0.29, 0.717) is 54.2 Å². The van der Waals surface area contributed by atoms with Gasteiger partial charge in [-0.05, 0) is 49.2 Å². The van der Waals surface area contributed by atoms with E-state index in [1.54, 1.807) is 47.4 Å². The summed E-state index contributed by atoms with van der Waals surface area (Å²) in [6.45, 7) is 1.21. The van der Waals surface area contributed by atoms with Crippen LogP contribution in [0.1, 0.15) is 28.8 Å². The van der Waals surface area contributed by atoms with E-state index in [0.717, 1.165) is 0 Å². The highest BCUT2D eigenvalue weighted by Gasteiger charge is 2.28. The maximum Gasteiger partial charge on any atom is 0.253 e. The van der Waals surface area contributed by atoms with Crippen molar-refractivity contribution in [3.05, 3.63) is 53.6 Å². The third-order valence-electron chi connectivity index (χ3n) is 5.03. The number of nitrogens with zero attached hydrogens (tertiary/aromatic N) is 2. The lowest BCUT2D eigenvalue weighted by Crippen LogP contribution is -2.41. The Balaban J connectivity index is 1.34. The zero-order chi connectivity index (χ0) is 19.5. The van der Waals surface area contributed by atoms with Gasteiger partial charge in [0, 0.05) is 30.3 Å². The third-order valence-corrected chi connectivity index (χ3v) is 5.03. The lowest BCUT2D eigenvalue weighted by molar-refractivity contribution is -0.121. The Morgan fingerprint density at radius 2 is 1.86 bits per heavy atom. The molecule has 0 spiro atoms. The van der Waals surface area contributed by atoms with Gasteiger partial charge in [-0.15, -0.1) is 0 Å². The van der Waals surface area contributed by atoms with E-state index < -0.39 is 0 Å². The fourth-order valence-corrected chi connectivity index (χ4v) is 3.47. The highest BCUT2D eigenvalue weighted by molar-refractivity contribution is 5.96. The molecule has 142 valence electrons. The maximum atomic E-state index is 12.7. The Labute approximate surface area is 162 Å². The molecule has 2 aliphatic rings. The van der Waals surface area contributed by atoms with Crippen molar-refractivity contribution in [1.82, 2.24) is 4.90 Å². The summed E-state index contributed by atoms with van der Waals surface area (Å²) in [7, 11) is 0. The van der Waals surface area contributed by atoms with Crippen LogP contribution >= 0.6 is 0 Å². The molecule has 7 nitrogen and oxygen atoms in total. The minimum Gasteiger partial charge on any atom is -0.454 e. The van der Waals surface area contributed by atoms with Crippen LogP contribution in [0.2, 0.25) is 0 Å². The van der Waals surface area contributed by atoms with Crippen molar-refractivity contribution in [2.45, 2.75) is 12.8 Å². The van der Waals surface area contributed by atoms with Crippen molar-refractivity contribution in [3.63, 3.8) is 0 Å². The van der Waals surface area contributed by atoms with Gasteiger partial charge in [0.15, 0.2) is 11.5 Å². The Morgan fingerprint density at radius 1 is 1.07 bits per heavy atom. The number of nitrogens with one attached hydrogen (secondary N) is 1. The molecule has 28 heavy (non-hydrogen) atoms. The number of ether oxygens (including phenoxy) is 2. The molecule has 7 heteroatoms. The third kappa shape index (κ3) is 3.62. The summed E-state index contributed by atoms with van der Waals surface area (Å²) in [4.78, 5) is 27.0. The zero-order valence-corrected chi connectivity index (χ0v) is 15.2. The second kappa shape index (κ2) is 7.61. The molecule has 0 radical (unpaired) electrons. The van der Waals surface area contributed by atoms with Crippen molar-refractivity contribution in [1.29, 1.82) is 5.26 Å². The molecule has 0 unspecified atom stereocenters. The van der Waals surface area contributed by atoms with Gasteiger partial charge in [-0.1, -0.05) is 6.07 Å². The molecule has 0 aromatic heterocycles. The van der Waals surface area contributed by atoms with E-state index in [2.05, 4.69) is 11.4 Å². The van der Waals surface area contributed by atoms with Gasteiger partial charge in [-0.2, -0.15) is 5.26 Å². The van der Waals surface area contributed by atoms with Crippen LogP contribution in [0, 0.1) is 17.2 Å². The van der Waals surface area contributed by atoms with E-state index in [9.17, 15) is 9.59 Å². The van der Waals surface area contributed by atoms with Crippen LogP contribution in [0.5, 0.6) is 11.5 Å². The van der Waals surface area contributed by atoms with Gasteiger partial charge < -0.3 is 19.7 Å². The molecule has 2 heterocycles. The molecule has 0 atom stereocenters. The number of amides is 2. The van der Waals surface area contributed by atoms with Crippen molar-refractivity contribution in [3.8, 4) is 17.6 Å². The van der Waals surface area contributed by atoms with Crippen molar-refractivity contribution in [2.24, 2.45) is 5.92 Å². The zero-order valence-electron chi connectivity index (χ0n) is 15.2. The Kier molecular flexibility index (Phi) is 4.85. The largest absolute Gasteiger partial charge is 0.454 e. The number of rotatable bonds is 3. The number of hydrogen-bond donors (Lipinski definition) is 1. The first-order chi connectivity index (χ1) is 13.6. The van der Waals surface area contributed by atoms with E-state index in [-0.39, 0.29) is 24.5 Å². The summed E-state index contributed by atoms with van der Waals surface area (Å²) in [6, 6.07) is 14.1. The van der Waals surface area contributed by atoms with Gasteiger partial charge in [-0.3, -0.25) is 9.59 Å². The normalized spacial score (nSPS) is 15.8. The SMILES string of the molecule is N#Cc1cccc(NC(=O)C2CCN(C(=O)c3ccc4c(c3)OCO4)CC2)c1. The highest BCUT2D eigenvalue weighted by Crippen LogP contribution is 2.33. The van der Waals surface area contributed by atoms with Gasteiger partial charge in [-0.25, -0.2) is 0 Å². The highest BCUT2D eigenvalue weighted by atomic mass is 16.7. The van der Waals surface area contributed by atoms with Gasteiger partial charge in [0.2, 0.25) is 12.7 Å². The van der Waals surface area contributed by atoms with Crippen LogP contribution in [0.3, 0.4) is 0 Å². The van der Waals surface area contributed by atoms with Gasteiger partial charge in [0.05, 0.1) is 11.6 Å². The summed E-state index contributed by atoms with van der Waals surface area (Å²) in [5, 5.41) is 11.8. The molecule has 2 aliphatic heterocycles. The Hall–Kier alpha value is -3.53. The number of piperidine rings is 1. The molecule has 1 N–H and O–H groups in total. The van der Waals surface area contributed by atoms with Gasteiger partial charge in [0.1, 0.15) is 0 Å². The van der Waals surface area contributed by atoms with Crippen molar-refractivity contribution in [2.75, 3.05) is 25.2 Å². The van der Waals surface area contributed by atoms with Gasteiger partial charge in [0.25, 0.3) is 5.91 Å². The number of nitriles is 1. The number of hydrogen-bond acceptors (Lipinski definition) is 5. The first-order valence-corrected chi connectivity index (χ1v) is 9.14. The summed E-state index contributed by atoms with van der Waals surface area (Å²) in [5.41, 5.74) is 1.67. The molecule has 0 bridgehead atoms. The second-order valence-electron chi connectivity index (χ2n) is 6.82. The summed E-state index contributed by atoms with van der Waals surface area (Å²) in [6.07, 6.45) is 1.19. The smallest absolute Gasteiger partial charge is 0.253 e. The predicted molar refractivity (Wildman–Crippen MR) is 101 cm³/mol. The molecule has 4 rings (SSSR count). The molecule has 2 amide bonds. The fraction of sp³-hybridized carbons (Fsp3) is 0.286. The Bertz CT molecular complexity index is 958. The minimum absolute atomic E-state index is 0.0705. The fourth-order valence-electron chi connectivity index (χ4n) is 3.47. The molecule has 2 aromatic rings. The molecule has 2 aromatic carbocycles. The lowest BCUT2D eigenvalue weighted by atomic mass is 9.95. The quantitative estimate of drug-likeness (QED) is 0.888. The molecule has 0 aliphatic carbocycles.